The van der Waals surface area contributed by atoms with Crippen LogP contribution in [0.3, 0.4) is 0 Å². The number of hydrogen-bond acceptors (Lipinski definition) is 4. The van der Waals surface area contributed by atoms with Crippen molar-refractivity contribution in [1.82, 2.24) is 5.32 Å². The second-order valence-corrected chi connectivity index (χ2v) is 9.61. The standard InChI is InChI=1S/C25H29NO4/c1-25-9-8-20-19-7-5-17(27)11-15(19)4-6-21(20)22(25)12-16(24(25)29)13-23(28)26-14-18-3-2-10-30-18/h2-3,5,7,10-11,16,20-22,27H,4,6,8-9,12-14H2,1H3,(H,26,28)/t16?,20?,21?,22?,25-/m0/s1. The van der Waals surface area contributed by atoms with Gasteiger partial charge in [-0.25, -0.2) is 0 Å². The summed E-state index contributed by atoms with van der Waals surface area (Å²) in [7, 11) is 0. The molecule has 0 spiro atoms. The first kappa shape index (κ1) is 19.4. The molecule has 1 heterocycles. The van der Waals surface area contributed by atoms with Gasteiger partial charge in [0.05, 0.1) is 12.8 Å². The van der Waals surface area contributed by atoms with Crippen LogP contribution in [-0.2, 0) is 22.6 Å². The van der Waals surface area contributed by atoms with Gasteiger partial charge in [0.15, 0.2) is 0 Å². The summed E-state index contributed by atoms with van der Waals surface area (Å²) in [6, 6.07) is 9.41. The normalized spacial score (nSPS) is 32.2. The number of hydrogen-bond donors (Lipinski definition) is 2. The molecule has 30 heavy (non-hydrogen) atoms. The minimum atomic E-state index is -0.304. The van der Waals surface area contributed by atoms with Crippen molar-refractivity contribution in [3.05, 3.63) is 53.5 Å². The largest absolute Gasteiger partial charge is 0.508 e. The Labute approximate surface area is 176 Å². The summed E-state index contributed by atoms with van der Waals surface area (Å²) in [6.45, 7) is 2.51. The number of phenolic OH excluding ortho intramolecular Hbond substituents is 1. The van der Waals surface area contributed by atoms with Crippen molar-refractivity contribution in [2.75, 3.05) is 0 Å². The van der Waals surface area contributed by atoms with Crippen LogP contribution >= 0.6 is 0 Å². The van der Waals surface area contributed by atoms with Crippen LogP contribution in [0.15, 0.2) is 41.0 Å². The fraction of sp³-hybridized carbons (Fsp3) is 0.520. The van der Waals surface area contributed by atoms with Crippen molar-refractivity contribution < 1.29 is 19.1 Å². The van der Waals surface area contributed by atoms with Gasteiger partial charge in [0.1, 0.15) is 17.3 Å². The van der Waals surface area contributed by atoms with Crippen LogP contribution in [0.2, 0.25) is 0 Å². The fourth-order valence-electron chi connectivity index (χ4n) is 6.58. The zero-order valence-electron chi connectivity index (χ0n) is 17.4. The van der Waals surface area contributed by atoms with E-state index in [4.69, 9.17) is 4.42 Å². The number of nitrogens with one attached hydrogen (secondary N) is 1. The summed E-state index contributed by atoms with van der Waals surface area (Å²) in [5.74, 6) is 2.38. The van der Waals surface area contributed by atoms with E-state index in [1.807, 2.05) is 12.1 Å². The number of furan rings is 1. The third-order valence-electron chi connectivity index (χ3n) is 8.04. The fourth-order valence-corrected chi connectivity index (χ4v) is 6.58. The van der Waals surface area contributed by atoms with E-state index in [1.54, 1.807) is 18.4 Å². The lowest BCUT2D eigenvalue weighted by molar-refractivity contribution is -0.134. The average Bonchev–Trinajstić information content (AvgIpc) is 3.34. The van der Waals surface area contributed by atoms with Gasteiger partial charge in [0.25, 0.3) is 0 Å². The molecule has 2 aromatic rings. The molecule has 0 aliphatic heterocycles. The summed E-state index contributed by atoms with van der Waals surface area (Å²) in [4.78, 5) is 25.9. The molecule has 1 amide bonds. The molecule has 0 saturated heterocycles. The molecular formula is C25H29NO4. The minimum Gasteiger partial charge on any atom is -0.508 e. The predicted octanol–water partition coefficient (Wildman–Crippen LogP) is 4.34. The van der Waals surface area contributed by atoms with E-state index in [2.05, 4.69) is 18.3 Å². The van der Waals surface area contributed by atoms with E-state index in [9.17, 15) is 14.7 Å². The van der Waals surface area contributed by atoms with Crippen LogP contribution < -0.4 is 5.32 Å². The number of ketones is 1. The van der Waals surface area contributed by atoms with Gasteiger partial charge in [-0.2, -0.15) is 0 Å². The molecule has 5 atom stereocenters. The van der Waals surface area contributed by atoms with Gasteiger partial charge >= 0.3 is 0 Å². The van der Waals surface area contributed by atoms with Crippen molar-refractivity contribution in [2.24, 2.45) is 23.2 Å². The van der Waals surface area contributed by atoms with Crippen LogP contribution in [0.25, 0.3) is 0 Å². The molecule has 5 nitrogen and oxygen atoms in total. The summed E-state index contributed by atoms with van der Waals surface area (Å²) in [5, 5.41) is 12.7. The van der Waals surface area contributed by atoms with Gasteiger partial charge in [0.2, 0.25) is 5.91 Å². The molecule has 5 heteroatoms. The highest BCUT2D eigenvalue weighted by Crippen LogP contribution is 2.61. The van der Waals surface area contributed by atoms with Crippen LogP contribution in [0, 0.1) is 23.2 Å². The SMILES string of the molecule is C[C@]12CCC3c4ccc(O)cc4CCC3C1CC(CC(=O)NCc1ccco1)C2=O. The van der Waals surface area contributed by atoms with Crippen molar-refractivity contribution in [3.8, 4) is 5.75 Å². The number of amides is 1. The Balaban J connectivity index is 1.30. The van der Waals surface area contributed by atoms with E-state index in [1.165, 1.54) is 11.1 Å². The number of carbonyl (C=O) groups is 2. The topological polar surface area (TPSA) is 79.5 Å². The highest BCUT2D eigenvalue weighted by molar-refractivity contribution is 5.93. The van der Waals surface area contributed by atoms with Crippen molar-refractivity contribution in [3.63, 3.8) is 0 Å². The number of aryl methyl sites for hydroxylation is 1. The van der Waals surface area contributed by atoms with Crippen LogP contribution in [0.5, 0.6) is 5.75 Å². The monoisotopic (exact) mass is 407 g/mol. The molecular weight excluding hydrogens is 378 g/mol. The van der Waals surface area contributed by atoms with E-state index in [0.717, 1.165) is 37.9 Å². The predicted molar refractivity (Wildman–Crippen MR) is 112 cm³/mol. The Morgan fingerprint density at radius 1 is 1.30 bits per heavy atom. The Hall–Kier alpha value is -2.56. The zero-order valence-corrected chi connectivity index (χ0v) is 17.4. The van der Waals surface area contributed by atoms with Crippen molar-refractivity contribution in [2.45, 2.75) is 57.9 Å². The smallest absolute Gasteiger partial charge is 0.221 e. The molecule has 2 fully saturated rings. The van der Waals surface area contributed by atoms with Crippen LogP contribution in [-0.4, -0.2) is 16.8 Å². The van der Waals surface area contributed by atoms with Gasteiger partial charge in [0, 0.05) is 17.8 Å². The summed E-state index contributed by atoms with van der Waals surface area (Å²) < 4.78 is 5.27. The maximum atomic E-state index is 13.4. The molecule has 2 N–H and O–H groups in total. The van der Waals surface area contributed by atoms with Gasteiger partial charge in [-0.05, 0) is 85.3 Å². The first-order valence-electron chi connectivity index (χ1n) is 11.1. The maximum absolute atomic E-state index is 13.4. The lowest BCUT2D eigenvalue weighted by atomic mass is 9.55. The molecule has 5 rings (SSSR count). The lowest BCUT2D eigenvalue weighted by Crippen LogP contribution is -2.42. The van der Waals surface area contributed by atoms with E-state index >= 15 is 0 Å². The first-order chi connectivity index (χ1) is 14.5. The van der Waals surface area contributed by atoms with E-state index in [-0.39, 0.29) is 29.4 Å². The number of aromatic hydroxyl groups is 1. The zero-order chi connectivity index (χ0) is 20.9. The number of benzene rings is 1. The Morgan fingerprint density at radius 3 is 2.97 bits per heavy atom. The van der Waals surface area contributed by atoms with Gasteiger partial charge in [-0.1, -0.05) is 13.0 Å². The van der Waals surface area contributed by atoms with Crippen LogP contribution in [0.4, 0.5) is 0 Å². The van der Waals surface area contributed by atoms with Gasteiger partial charge < -0.3 is 14.8 Å². The molecule has 1 aromatic heterocycles. The number of fused-ring (bicyclic) bond motifs is 5. The Morgan fingerprint density at radius 2 is 2.17 bits per heavy atom. The summed E-state index contributed by atoms with van der Waals surface area (Å²) in [6.07, 6.45) is 6.60. The molecule has 2 saturated carbocycles. The molecule has 3 aliphatic carbocycles. The van der Waals surface area contributed by atoms with Gasteiger partial charge in [-0.3, -0.25) is 9.59 Å². The Kier molecular flexibility index (Phi) is 4.72. The third-order valence-corrected chi connectivity index (χ3v) is 8.04. The van der Waals surface area contributed by atoms with E-state index in [0.29, 0.717) is 30.0 Å². The first-order valence-corrected chi connectivity index (χ1v) is 11.1. The molecule has 0 radical (unpaired) electrons. The van der Waals surface area contributed by atoms with Crippen molar-refractivity contribution in [1.29, 1.82) is 0 Å². The highest BCUT2D eigenvalue weighted by atomic mass is 16.3. The second kappa shape index (κ2) is 7.29. The highest BCUT2D eigenvalue weighted by Gasteiger charge is 2.58. The number of rotatable bonds is 4. The molecule has 1 aromatic carbocycles. The number of phenols is 1. The second-order valence-electron chi connectivity index (χ2n) is 9.61. The quantitative estimate of drug-likeness (QED) is 0.790. The molecule has 158 valence electrons. The maximum Gasteiger partial charge on any atom is 0.221 e. The molecule has 0 bridgehead atoms. The summed E-state index contributed by atoms with van der Waals surface area (Å²) in [5.41, 5.74) is 2.32. The lowest BCUT2D eigenvalue weighted by Gasteiger charge is -2.48. The minimum absolute atomic E-state index is 0.0759. The number of Topliss-reactive ketones (excluding diaryl/α,β-unsaturated/α-hetero) is 1. The van der Waals surface area contributed by atoms with Crippen molar-refractivity contribution >= 4 is 11.7 Å². The average molecular weight is 408 g/mol. The summed E-state index contributed by atoms with van der Waals surface area (Å²) >= 11 is 0. The Bertz CT molecular complexity index is 966. The van der Waals surface area contributed by atoms with Gasteiger partial charge in [-0.15, -0.1) is 0 Å². The number of carbonyl (C=O) groups excluding carboxylic acids is 2. The van der Waals surface area contributed by atoms with E-state index < -0.39 is 0 Å². The molecule has 4 unspecified atom stereocenters. The molecule has 3 aliphatic rings. The third kappa shape index (κ3) is 3.15. The van der Waals surface area contributed by atoms with Crippen LogP contribution in [0.1, 0.15) is 61.8 Å².